The van der Waals surface area contributed by atoms with Crippen LogP contribution in [0.15, 0.2) is 12.1 Å². The molecule has 1 aliphatic carbocycles. The van der Waals surface area contributed by atoms with E-state index in [1.807, 2.05) is 0 Å². The first-order chi connectivity index (χ1) is 8.83. The summed E-state index contributed by atoms with van der Waals surface area (Å²) in [4.78, 5) is 0. The smallest absolute Gasteiger partial charge is 0.0277 e. The van der Waals surface area contributed by atoms with Crippen LogP contribution in [0.4, 0.5) is 0 Å². The highest BCUT2D eigenvalue weighted by atomic mass is 14.5. The Morgan fingerprint density at radius 1 is 1.21 bits per heavy atom. The monoisotopic (exact) mass is 254 g/mol. The van der Waals surface area contributed by atoms with Crippen molar-refractivity contribution in [3.63, 3.8) is 0 Å². The Balaban J connectivity index is 2.60. The van der Waals surface area contributed by atoms with E-state index in [1.165, 1.54) is 29.5 Å². The van der Waals surface area contributed by atoms with E-state index in [0.29, 0.717) is 5.41 Å². The third-order valence-corrected chi connectivity index (χ3v) is 5.39. The third-order valence-electron chi connectivity index (χ3n) is 5.39. The Morgan fingerprint density at radius 2 is 1.89 bits per heavy atom. The summed E-state index contributed by atoms with van der Waals surface area (Å²) < 4.78 is 0. The number of hydrogen-bond donors (Lipinski definition) is 0. The average molecular weight is 254 g/mol. The zero-order valence-corrected chi connectivity index (χ0v) is 13.1. The molecule has 0 unspecified atom stereocenters. The van der Waals surface area contributed by atoms with E-state index in [1.54, 1.807) is 0 Å². The van der Waals surface area contributed by atoms with Crippen LogP contribution >= 0.6 is 0 Å². The maximum atomic E-state index is 5.72. The number of fused-ring (bicyclic) bond motifs is 1. The highest BCUT2D eigenvalue weighted by molar-refractivity contribution is 5.50. The molecule has 0 fully saturated rings. The van der Waals surface area contributed by atoms with Crippen molar-refractivity contribution in [1.29, 1.82) is 0 Å². The molecule has 102 valence electrons. The number of hydrogen-bond acceptors (Lipinski definition) is 0. The first-order valence-electron chi connectivity index (χ1n) is 7.46. The summed E-state index contributed by atoms with van der Waals surface area (Å²) in [5.41, 5.74) is 5.98. The van der Waals surface area contributed by atoms with Crippen molar-refractivity contribution >= 4 is 0 Å². The number of aryl methyl sites for hydroxylation is 2. The Bertz CT molecular complexity index is 524. The van der Waals surface area contributed by atoms with Crippen LogP contribution in [0.2, 0.25) is 0 Å². The van der Waals surface area contributed by atoms with E-state index >= 15 is 0 Å². The van der Waals surface area contributed by atoms with Crippen molar-refractivity contribution < 1.29 is 0 Å². The normalized spacial score (nSPS) is 19.6. The van der Waals surface area contributed by atoms with E-state index in [4.69, 9.17) is 6.42 Å². The minimum absolute atomic E-state index is 0.191. The van der Waals surface area contributed by atoms with Gasteiger partial charge in [-0.25, -0.2) is 0 Å². The molecule has 0 saturated heterocycles. The summed E-state index contributed by atoms with van der Waals surface area (Å²) in [6.07, 6.45) is 10.4. The maximum Gasteiger partial charge on any atom is 0.0277 e. The minimum atomic E-state index is 0.191. The molecule has 0 bridgehead atoms. The van der Waals surface area contributed by atoms with Gasteiger partial charge in [0.25, 0.3) is 0 Å². The first kappa shape index (κ1) is 14.2. The Labute approximate surface area is 118 Å². The molecule has 19 heavy (non-hydrogen) atoms. The lowest BCUT2D eigenvalue weighted by molar-refractivity contribution is 0.165. The van der Waals surface area contributed by atoms with Gasteiger partial charge in [0.05, 0.1) is 0 Å². The van der Waals surface area contributed by atoms with Crippen LogP contribution in [0.1, 0.15) is 69.7 Å². The molecule has 0 atom stereocenters. The SMILES string of the molecule is C#Cc1cc2c(cc1CCC)CCC(C)(C)C2(C)C. The first-order valence-corrected chi connectivity index (χ1v) is 7.46. The van der Waals surface area contributed by atoms with Gasteiger partial charge < -0.3 is 0 Å². The van der Waals surface area contributed by atoms with Crippen molar-refractivity contribution in [1.82, 2.24) is 0 Å². The zero-order chi connectivity index (χ0) is 14.3. The molecular weight excluding hydrogens is 228 g/mol. The Morgan fingerprint density at radius 3 is 2.47 bits per heavy atom. The standard InChI is InChI=1S/C19H26/c1-7-9-15-12-16-10-11-18(3,4)19(5,6)17(16)13-14(15)8-2/h2,12-13H,7,9-11H2,1,3-6H3. The van der Waals surface area contributed by atoms with Gasteiger partial charge in [0.15, 0.2) is 0 Å². The van der Waals surface area contributed by atoms with Crippen LogP contribution in [0, 0.1) is 17.8 Å². The molecule has 1 aliphatic rings. The molecule has 0 heterocycles. The van der Waals surface area contributed by atoms with Crippen molar-refractivity contribution in [2.75, 3.05) is 0 Å². The van der Waals surface area contributed by atoms with Gasteiger partial charge in [0.1, 0.15) is 0 Å². The van der Waals surface area contributed by atoms with E-state index in [2.05, 4.69) is 52.7 Å². The molecule has 0 radical (unpaired) electrons. The van der Waals surface area contributed by atoms with Crippen LogP contribution in [0.3, 0.4) is 0 Å². The number of terminal acetylenes is 1. The molecule has 0 N–H and O–H groups in total. The Kier molecular flexibility index (Phi) is 3.52. The number of rotatable bonds is 2. The zero-order valence-electron chi connectivity index (χ0n) is 13.1. The van der Waals surface area contributed by atoms with Crippen molar-refractivity contribution in [3.8, 4) is 12.3 Å². The fourth-order valence-corrected chi connectivity index (χ4v) is 3.22. The average Bonchev–Trinajstić information content (AvgIpc) is 2.35. The summed E-state index contributed by atoms with van der Waals surface area (Å²) in [5, 5.41) is 0. The van der Waals surface area contributed by atoms with Crippen LogP contribution in [0.5, 0.6) is 0 Å². The summed E-state index contributed by atoms with van der Waals surface area (Å²) in [7, 11) is 0. The summed E-state index contributed by atoms with van der Waals surface area (Å²) >= 11 is 0. The largest absolute Gasteiger partial charge is 0.115 e. The lowest BCUT2D eigenvalue weighted by atomic mass is 9.57. The topological polar surface area (TPSA) is 0 Å². The van der Waals surface area contributed by atoms with Crippen LogP contribution < -0.4 is 0 Å². The van der Waals surface area contributed by atoms with E-state index in [0.717, 1.165) is 18.4 Å². The van der Waals surface area contributed by atoms with Gasteiger partial charge in [-0.05, 0) is 52.8 Å². The second-order valence-corrected chi connectivity index (χ2v) is 7.07. The molecule has 0 aromatic heterocycles. The lowest BCUT2D eigenvalue weighted by Gasteiger charge is -2.47. The molecule has 1 aromatic carbocycles. The molecule has 0 aliphatic heterocycles. The summed E-state index contributed by atoms with van der Waals surface area (Å²) in [6.45, 7) is 11.7. The molecule has 0 saturated carbocycles. The van der Waals surface area contributed by atoms with Crippen molar-refractivity contribution in [2.24, 2.45) is 5.41 Å². The molecular formula is C19H26. The van der Waals surface area contributed by atoms with E-state index in [-0.39, 0.29) is 5.41 Å². The predicted octanol–water partition coefficient (Wildman–Crippen LogP) is 4.87. The molecule has 1 aromatic rings. The van der Waals surface area contributed by atoms with Gasteiger partial charge in [-0.2, -0.15) is 0 Å². The lowest BCUT2D eigenvalue weighted by Crippen LogP contribution is -2.41. The third kappa shape index (κ3) is 2.20. The van der Waals surface area contributed by atoms with Crippen LogP contribution in [0.25, 0.3) is 0 Å². The van der Waals surface area contributed by atoms with E-state index < -0.39 is 0 Å². The molecule has 0 spiro atoms. The van der Waals surface area contributed by atoms with Crippen molar-refractivity contribution in [2.45, 2.75) is 65.7 Å². The fourth-order valence-electron chi connectivity index (χ4n) is 3.22. The van der Waals surface area contributed by atoms with Gasteiger partial charge in [0.2, 0.25) is 0 Å². The quantitative estimate of drug-likeness (QED) is 0.660. The highest BCUT2D eigenvalue weighted by Gasteiger charge is 2.42. The van der Waals surface area contributed by atoms with Crippen molar-refractivity contribution in [3.05, 3.63) is 34.4 Å². The van der Waals surface area contributed by atoms with E-state index in [9.17, 15) is 0 Å². The van der Waals surface area contributed by atoms with Gasteiger partial charge in [0, 0.05) is 5.56 Å². The summed E-state index contributed by atoms with van der Waals surface area (Å²) in [5.74, 6) is 2.90. The number of benzene rings is 1. The second-order valence-electron chi connectivity index (χ2n) is 7.07. The van der Waals surface area contributed by atoms with Crippen LogP contribution in [-0.2, 0) is 18.3 Å². The second kappa shape index (κ2) is 4.71. The molecule has 0 nitrogen and oxygen atoms in total. The van der Waals surface area contributed by atoms with Gasteiger partial charge >= 0.3 is 0 Å². The maximum absolute atomic E-state index is 5.72. The Hall–Kier alpha value is -1.22. The van der Waals surface area contributed by atoms with Gasteiger partial charge in [-0.3, -0.25) is 0 Å². The minimum Gasteiger partial charge on any atom is -0.115 e. The summed E-state index contributed by atoms with van der Waals surface area (Å²) in [6, 6.07) is 4.67. The van der Waals surface area contributed by atoms with Crippen LogP contribution in [-0.4, -0.2) is 0 Å². The van der Waals surface area contributed by atoms with Gasteiger partial charge in [-0.15, -0.1) is 6.42 Å². The predicted molar refractivity (Wildman–Crippen MR) is 83.5 cm³/mol. The molecule has 0 heteroatoms. The van der Waals surface area contributed by atoms with Gasteiger partial charge in [-0.1, -0.05) is 53.0 Å². The highest BCUT2D eigenvalue weighted by Crippen LogP contribution is 2.49. The molecule has 0 amide bonds. The molecule has 2 rings (SSSR count). The fraction of sp³-hybridized carbons (Fsp3) is 0.579.